The van der Waals surface area contributed by atoms with Crippen LogP contribution in [-0.4, -0.2) is 43.3 Å². The van der Waals surface area contributed by atoms with Crippen LogP contribution in [0.3, 0.4) is 0 Å². The highest BCUT2D eigenvalue weighted by atomic mass is 16.5. The molecule has 0 radical (unpaired) electrons. The molecule has 1 fully saturated rings. The van der Waals surface area contributed by atoms with Crippen molar-refractivity contribution in [2.24, 2.45) is 11.7 Å². The molecule has 3 heteroatoms. The number of nitrogens with two attached hydrogens (primary N) is 1. The van der Waals surface area contributed by atoms with Gasteiger partial charge in [-0.2, -0.15) is 0 Å². The van der Waals surface area contributed by atoms with Crippen LogP contribution < -0.4 is 5.73 Å². The van der Waals surface area contributed by atoms with Crippen molar-refractivity contribution < 1.29 is 4.74 Å². The molecular weight excluding hydrogens is 212 g/mol. The second-order valence-electron chi connectivity index (χ2n) is 5.79. The number of rotatable bonds is 5. The molecule has 1 aliphatic rings. The van der Waals surface area contributed by atoms with E-state index >= 15 is 0 Å². The van der Waals surface area contributed by atoms with Gasteiger partial charge in [0.25, 0.3) is 0 Å². The fourth-order valence-electron chi connectivity index (χ4n) is 3.18. The van der Waals surface area contributed by atoms with Crippen molar-refractivity contribution in [2.45, 2.75) is 58.0 Å². The third-order valence-corrected chi connectivity index (χ3v) is 4.45. The molecule has 102 valence electrons. The molecular formula is C14H30N2O. The Morgan fingerprint density at radius 2 is 2.06 bits per heavy atom. The minimum atomic E-state index is 0.0124. The monoisotopic (exact) mass is 242 g/mol. The molecule has 17 heavy (non-hydrogen) atoms. The molecule has 2 N–H and O–H groups in total. The highest BCUT2D eigenvalue weighted by Crippen LogP contribution is 2.30. The van der Waals surface area contributed by atoms with E-state index in [9.17, 15) is 0 Å². The summed E-state index contributed by atoms with van der Waals surface area (Å²) in [5, 5.41) is 0. The molecule has 0 bridgehead atoms. The van der Waals surface area contributed by atoms with Gasteiger partial charge in [0, 0.05) is 19.7 Å². The summed E-state index contributed by atoms with van der Waals surface area (Å²) >= 11 is 0. The van der Waals surface area contributed by atoms with Crippen molar-refractivity contribution in [1.29, 1.82) is 0 Å². The van der Waals surface area contributed by atoms with Gasteiger partial charge in [-0.3, -0.25) is 4.90 Å². The summed E-state index contributed by atoms with van der Waals surface area (Å²) in [6.45, 7) is 9.47. The van der Waals surface area contributed by atoms with Crippen molar-refractivity contribution in [3.05, 3.63) is 0 Å². The zero-order valence-corrected chi connectivity index (χ0v) is 12.0. The lowest BCUT2D eigenvalue weighted by atomic mass is 9.83. The summed E-state index contributed by atoms with van der Waals surface area (Å²) < 4.78 is 5.48. The molecule has 0 aromatic rings. The minimum absolute atomic E-state index is 0.0124. The average Bonchev–Trinajstić information content (AvgIpc) is 2.51. The van der Waals surface area contributed by atoms with Gasteiger partial charge < -0.3 is 10.5 Å². The van der Waals surface area contributed by atoms with E-state index in [4.69, 9.17) is 10.5 Å². The van der Waals surface area contributed by atoms with E-state index in [1.807, 2.05) is 0 Å². The molecule has 0 amide bonds. The van der Waals surface area contributed by atoms with Crippen LogP contribution in [0, 0.1) is 5.92 Å². The highest BCUT2D eigenvalue weighted by molar-refractivity contribution is 4.97. The first kappa shape index (κ1) is 14.9. The first-order chi connectivity index (χ1) is 8.08. The Labute approximate surface area is 107 Å². The van der Waals surface area contributed by atoms with Crippen molar-refractivity contribution >= 4 is 0 Å². The van der Waals surface area contributed by atoms with E-state index in [1.165, 1.54) is 32.2 Å². The number of ether oxygens (including phenoxy) is 1. The van der Waals surface area contributed by atoms with Crippen molar-refractivity contribution in [2.75, 3.05) is 26.8 Å². The lowest BCUT2D eigenvalue weighted by molar-refractivity contribution is -0.0357. The van der Waals surface area contributed by atoms with Crippen LogP contribution in [0.5, 0.6) is 0 Å². The van der Waals surface area contributed by atoms with E-state index in [-0.39, 0.29) is 5.54 Å². The molecule has 1 saturated heterocycles. The van der Waals surface area contributed by atoms with E-state index in [1.54, 1.807) is 7.11 Å². The zero-order valence-electron chi connectivity index (χ0n) is 12.0. The van der Waals surface area contributed by atoms with Gasteiger partial charge in [0.2, 0.25) is 0 Å². The largest absolute Gasteiger partial charge is 0.383 e. The predicted molar refractivity (Wildman–Crippen MR) is 73.1 cm³/mol. The number of methoxy groups -OCH3 is 1. The standard InChI is InChI=1S/C14H30N2O/c1-12(2)14(10-15,11-17-4)16-9-7-5-6-8-13(16)3/h12-13H,5-11,15H2,1-4H3. The quantitative estimate of drug-likeness (QED) is 0.803. The lowest BCUT2D eigenvalue weighted by Crippen LogP contribution is -2.62. The third-order valence-electron chi connectivity index (χ3n) is 4.45. The molecule has 1 rings (SSSR count). The maximum atomic E-state index is 6.12. The Bertz CT molecular complexity index is 220. The van der Waals surface area contributed by atoms with Gasteiger partial charge in [-0.05, 0) is 32.2 Å². The lowest BCUT2D eigenvalue weighted by Gasteiger charge is -2.48. The number of likely N-dealkylation sites (tertiary alicyclic amines) is 1. The van der Waals surface area contributed by atoms with Crippen LogP contribution in [0.2, 0.25) is 0 Å². The van der Waals surface area contributed by atoms with E-state index in [0.29, 0.717) is 18.5 Å². The molecule has 0 aromatic heterocycles. The first-order valence-electron chi connectivity index (χ1n) is 7.04. The zero-order chi connectivity index (χ0) is 12.9. The van der Waals surface area contributed by atoms with Crippen LogP contribution in [0.4, 0.5) is 0 Å². The predicted octanol–water partition coefficient (Wildman–Crippen LogP) is 2.25. The topological polar surface area (TPSA) is 38.5 Å². The molecule has 2 unspecified atom stereocenters. The second-order valence-corrected chi connectivity index (χ2v) is 5.79. The van der Waals surface area contributed by atoms with Gasteiger partial charge in [-0.15, -0.1) is 0 Å². The first-order valence-corrected chi connectivity index (χ1v) is 7.04. The Morgan fingerprint density at radius 1 is 1.35 bits per heavy atom. The third kappa shape index (κ3) is 3.21. The molecule has 2 atom stereocenters. The molecule has 1 heterocycles. The normalized spacial score (nSPS) is 26.8. The van der Waals surface area contributed by atoms with Crippen LogP contribution in [0.1, 0.15) is 46.5 Å². The van der Waals surface area contributed by atoms with Crippen molar-refractivity contribution in [3.63, 3.8) is 0 Å². The fraction of sp³-hybridized carbons (Fsp3) is 1.00. The number of hydrogen-bond donors (Lipinski definition) is 1. The maximum Gasteiger partial charge on any atom is 0.0661 e. The van der Waals surface area contributed by atoms with Gasteiger partial charge in [0.1, 0.15) is 0 Å². The number of hydrogen-bond acceptors (Lipinski definition) is 3. The van der Waals surface area contributed by atoms with Gasteiger partial charge >= 0.3 is 0 Å². The Morgan fingerprint density at radius 3 is 2.59 bits per heavy atom. The summed E-state index contributed by atoms with van der Waals surface area (Å²) in [5.74, 6) is 0.521. The maximum absolute atomic E-state index is 6.12. The van der Waals surface area contributed by atoms with E-state index in [0.717, 1.165) is 6.61 Å². The average molecular weight is 242 g/mol. The summed E-state index contributed by atoms with van der Waals surface area (Å²) in [7, 11) is 1.79. The molecule has 1 aliphatic heterocycles. The SMILES string of the molecule is COCC(CN)(C(C)C)N1CCCCCC1C. The molecule has 3 nitrogen and oxygen atoms in total. The molecule has 0 aliphatic carbocycles. The summed E-state index contributed by atoms with van der Waals surface area (Å²) in [4.78, 5) is 2.62. The molecule has 0 saturated carbocycles. The van der Waals surface area contributed by atoms with Crippen molar-refractivity contribution in [1.82, 2.24) is 4.90 Å². The van der Waals surface area contributed by atoms with Gasteiger partial charge in [0.15, 0.2) is 0 Å². The smallest absolute Gasteiger partial charge is 0.0661 e. The van der Waals surface area contributed by atoms with Crippen LogP contribution in [-0.2, 0) is 4.74 Å². The summed E-state index contributed by atoms with van der Waals surface area (Å²) in [6, 6.07) is 0.624. The minimum Gasteiger partial charge on any atom is -0.383 e. The Kier molecular flexibility index (Phi) is 5.90. The van der Waals surface area contributed by atoms with Crippen LogP contribution in [0.15, 0.2) is 0 Å². The molecule has 0 aromatic carbocycles. The summed E-state index contributed by atoms with van der Waals surface area (Å²) in [6.07, 6.45) is 5.29. The highest BCUT2D eigenvalue weighted by Gasteiger charge is 2.41. The van der Waals surface area contributed by atoms with Gasteiger partial charge in [-0.1, -0.05) is 26.7 Å². The van der Waals surface area contributed by atoms with Gasteiger partial charge in [0.05, 0.1) is 12.1 Å². The molecule has 0 spiro atoms. The van der Waals surface area contributed by atoms with Crippen molar-refractivity contribution in [3.8, 4) is 0 Å². The Balaban J connectivity index is 2.92. The van der Waals surface area contributed by atoms with Crippen LogP contribution >= 0.6 is 0 Å². The second kappa shape index (κ2) is 6.72. The Hall–Kier alpha value is -0.120. The van der Waals surface area contributed by atoms with Gasteiger partial charge in [-0.25, -0.2) is 0 Å². The van der Waals surface area contributed by atoms with Crippen LogP contribution in [0.25, 0.3) is 0 Å². The number of nitrogens with zero attached hydrogens (tertiary/aromatic N) is 1. The fourth-order valence-corrected chi connectivity index (χ4v) is 3.18. The van der Waals surface area contributed by atoms with E-state index < -0.39 is 0 Å². The summed E-state index contributed by atoms with van der Waals surface area (Å²) in [5.41, 5.74) is 6.13. The van der Waals surface area contributed by atoms with E-state index in [2.05, 4.69) is 25.7 Å².